The van der Waals surface area contributed by atoms with Crippen LogP contribution in [0.25, 0.3) is 0 Å². The van der Waals surface area contributed by atoms with Crippen LogP contribution >= 0.6 is 0 Å². The van der Waals surface area contributed by atoms with Gasteiger partial charge in [0.2, 0.25) is 0 Å². The van der Waals surface area contributed by atoms with Crippen molar-refractivity contribution in [3.05, 3.63) is 12.2 Å². The molecule has 3 N–H and O–H groups in total. The summed E-state index contributed by atoms with van der Waals surface area (Å²) < 4.78 is 0. The Morgan fingerprint density at radius 2 is 1.84 bits per heavy atom. The van der Waals surface area contributed by atoms with Crippen LogP contribution in [0.4, 0.5) is 0 Å². The van der Waals surface area contributed by atoms with E-state index in [1.165, 1.54) is 12.8 Å². The van der Waals surface area contributed by atoms with Crippen LogP contribution < -0.4 is 5.73 Å². The Kier molecular flexibility index (Phi) is 5.08. The van der Waals surface area contributed by atoms with Crippen molar-refractivity contribution in [1.29, 1.82) is 0 Å². The van der Waals surface area contributed by atoms with Gasteiger partial charge in [0.05, 0.1) is 6.10 Å². The van der Waals surface area contributed by atoms with E-state index in [1.54, 1.807) is 0 Å². The zero-order chi connectivity index (χ0) is 13.9. The second-order valence-corrected chi connectivity index (χ2v) is 7.14. The van der Waals surface area contributed by atoms with Crippen molar-refractivity contribution in [2.45, 2.75) is 64.9 Å². The average Bonchev–Trinajstić information content (AvgIpc) is 2.47. The molecular weight excluding hydrogens is 234 g/mol. The van der Waals surface area contributed by atoms with Crippen molar-refractivity contribution < 1.29 is 5.11 Å². The summed E-state index contributed by atoms with van der Waals surface area (Å²) in [4.78, 5) is 0. The molecule has 0 saturated heterocycles. The molecule has 2 aliphatic rings. The van der Waals surface area contributed by atoms with E-state index in [2.05, 4.69) is 26.0 Å². The van der Waals surface area contributed by atoms with Crippen LogP contribution in [0.2, 0.25) is 0 Å². The molecule has 19 heavy (non-hydrogen) atoms. The van der Waals surface area contributed by atoms with Crippen LogP contribution in [0, 0.1) is 23.2 Å². The highest BCUT2D eigenvalue weighted by Gasteiger charge is 2.43. The summed E-state index contributed by atoms with van der Waals surface area (Å²) in [7, 11) is 0. The first kappa shape index (κ1) is 15.1. The van der Waals surface area contributed by atoms with Gasteiger partial charge in [0, 0.05) is 12.0 Å². The van der Waals surface area contributed by atoms with E-state index in [-0.39, 0.29) is 11.5 Å². The molecule has 2 rings (SSSR count). The molecule has 0 aromatic carbocycles. The lowest BCUT2D eigenvalue weighted by molar-refractivity contribution is -0.0500. The lowest BCUT2D eigenvalue weighted by Crippen LogP contribution is -2.48. The summed E-state index contributed by atoms with van der Waals surface area (Å²) in [5.74, 6) is 2.04. The van der Waals surface area contributed by atoms with E-state index in [4.69, 9.17) is 5.73 Å². The summed E-state index contributed by atoms with van der Waals surface area (Å²) in [5, 5.41) is 10.9. The summed E-state index contributed by atoms with van der Waals surface area (Å²) >= 11 is 0. The smallest absolute Gasteiger partial charge is 0.0639 e. The zero-order valence-electron chi connectivity index (χ0n) is 12.6. The molecule has 0 aromatic rings. The standard InChI is InChI=1S/C17H31NO/c1-13(2)14-8-10-17(12-18,11-9-14)16(19)15-6-4-3-5-7-15/h3-4,13-16,19H,5-12,18H2,1-2H3. The third-order valence-electron chi connectivity index (χ3n) is 5.76. The molecule has 0 amide bonds. The summed E-state index contributed by atoms with van der Waals surface area (Å²) in [6, 6.07) is 0. The van der Waals surface area contributed by atoms with Crippen LogP contribution in [-0.4, -0.2) is 17.8 Å². The Morgan fingerprint density at radius 1 is 1.16 bits per heavy atom. The summed E-state index contributed by atoms with van der Waals surface area (Å²) in [6.07, 6.45) is 12.3. The monoisotopic (exact) mass is 265 g/mol. The van der Waals surface area contributed by atoms with Gasteiger partial charge in [0.15, 0.2) is 0 Å². The van der Waals surface area contributed by atoms with E-state index >= 15 is 0 Å². The van der Waals surface area contributed by atoms with Crippen LogP contribution in [0.15, 0.2) is 12.2 Å². The fourth-order valence-corrected chi connectivity index (χ4v) is 4.11. The van der Waals surface area contributed by atoms with Gasteiger partial charge in [-0.2, -0.15) is 0 Å². The van der Waals surface area contributed by atoms with Crippen molar-refractivity contribution >= 4 is 0 Å². The average molecular weight is 265 g/mol. The Balaban J connectivity index is 2.00. The van der Waals surface area contributed by atoms with Gasteiger partial charge in [0.25, 0.3) is 0 Å². The lowest BCUT2D eigenvalue weighted by atomic mass is 9.62. The maximum Gasteiger partial charge on any atom is 0.0639 e. The van der Waals surface area contributed by atoms with Crippen molar-refractivity contribution in [2.24, 2.45) is 28.9 Å². The quantitative estimate of drug-likeness (QED) is 0.764. The van der Waals surface area contributed by atoms with Crippen LogP contribution in [0.5, 0.6) is 0 Å². The van der Waals surface area contributed by atoms with Gasteiger partial charge in [0.1, 0.15) is 0 Å². The minimum absolute atomic E-state index is 0.00123. The van der Waals surface area contributed by atoms with Crippen LogP contribution in [0.3, 0.4) is 0 Å². The first-order valence-electron chi connectivity index (χ1n) is 8.12. The molecule has 0 spiro atoms. The molecule has 0 heterocycles. The van der Waals surface area contributed by atoms with E-state index in [0.717, 1.165) is 43.9 Å². The van der Waals surface area contributed by atoms with Gasteiger partial charge in [-0.1, -0.05) is 26.0 Å². The van der Waals surface area contributed by atoms with E-state index in [0.29, 0.717) is 12.5 Å². The summed E-state index contributed by atoms with van der Waals surface area (Å²) in [5.41, 5.74) is 6.09. The molecule has 2 aliphatic carbocycles. The highest BCUT2D eigenvalue weighted by molar-refractivity contribution is 5.00. The second kappa shape index (κ2) is 6.41. The lowest BCUT2D eigenvalue weighted by Gasteiger charge is -2.46. The van der Waals surface area contributed by atoms with Crippen LogP contribution in [-0.2, 0) is 0 Å². The molecule has 2 nitrogen and oxygen atoms in total. The maximum atomic E-state index is 10.9. The minimum Gasteiger partial charge on any atom is -0.392 e. The topological polar surface area (TPSA) is 46.2 Å². The fourth-order valence-electron chi connectivity index (χ4n) is 4.11. The normalized spacial score (nSPS) is 37.5. The van der Waals surface area contributed by atoms with Gasteiger partial charge >= 0.3 is 0 Å². The van der Waals surface area contributed by atoms with Gasteiger partial charge < -0.3 is 10.8 Å². The Bertz CT molecular complexity index is 302. The minimum atomic E-state index is -0.199. The van der Waals surface area contributed by atoms with E-state index < -0.39 is 0 Å². The molecule has 0 aromatic heterocycles. The number of hydrogen-bond donors (Lipinski definition) is 2. The van der Waals surface area contributed by atoms with Crippen molar-refractivity contribution in [3.63, 3.8) is 0 Å². The molecule has 0 bridgehead atoms. The highest BCUT2D eigenvalue weighted by atomic mass is 16.3. The predicted molar refractivity (Wildman–Crippen MR) is 80.8 cm³/mol. The Hall–Kier alpha value is -0.340. The van der Waals surface area contributed by atoms with Crippen molar-refractivity contribution in [3.8, 4) is 0 Å². The van der Waals surface area contributed by atoms with Gasteiger partial charge in [-0.25, -0.2) is 0 Å². The number of hydrogen-bond acceptors (Lipinski definition) is 2. The molecule has 1 fully saturated rings. The molecule has 0 radical (unpaired) electrons. The highest BCUT2D eigenvalue weighted by Crippen LogP contribution is 2.46. The molecule has 2 unspecified atom stereocenters. The molecule has 1 saturated carbocycles. The van der Waals surface area contributed by atoms with Crippen LogP contribution in [0.1, 0.15) is 58.8 Å². The second-order valence-electron chi connectivity index (χ2n) is 7.14. The molecule has 110 valence electrons. The number of aliphatic hydroxyl groups excluding tert-OH is 1. The zero-order valence-corrected chi connectivity index (χ0v) is 12.6. The number of rotatable bonds is 4. The van der Waals surface area contributed by atoms with Gasteiger partial charge in [-0.05, 0) is 62.7 Å². The van der Waals surface area contributed by atoms with E-state index in [1.807, 2.05) is 0 Å². The van der Waals surface area contributed by atoms with Gasteiger partial charge in [-0.3, -0.25) is 0 Å². The first-order valence-corrected chi connectivity index (χ1v) is 8.12. The molecule has 0 aliphatic heterocycles. The summed E-state index contributed by atoms with van der Waals surface area (Å²) in [6.45, 7) is 5.30. The predicted octanol–water partition coefficient (Wildman–Crippen LogP) is 3.49. The van der Waals surface area contributed by atoms with Crippen molar-refractivity contribution in [1.82, 2.24) is 0 Å². The fraction of sp³-hybridized carbons (Fsp3) is 0.882. The number of aliphatic hydroxyl groups is 1. The molecular formula is C17H31NO. The first-order chi connectivity index (χ1) is 9.09. The van der Waals surface area contributed by atoms with Crippen molar-refractivity contribution in [2.75, 3.05) is 6.54 Å². The van der Waals surface area contributed by atoms with E-state index in [9.17, 15) is 5.11 Å². The van der Waals surface area contributed by atoms with Gasteiger partial charge in [-0.15, -0.1) is 0 Å². The Labute approximate surface area is 118 Å². The third kappa shape index (κ3) is 3.22. The maximum absolute atomic E-state index is 10.9. The number of allylic oxidation sites excluding steroid dienone is 2. The SMILES string of the molecule is CC(C)C1CCC(CN)(C(O)C2CC=CCC2)CC1. The largest absolute Gasteiger partial charge is 0.392 e. The molecule has 2 heteroatoms. The number of nitrogens with two attached hydrogens (primary N) is 1. The Morgan fingerprint density at radius 3 is 2.32 bits per heavy atom. The molecule has 2 atom stereocenters. The third-order valence-corrected chi connectivity index (χ3v) is 5.76.